The number of nitrogens with zero attached hydrogens (tertiary/aromatic N) is 2. The highest BCUT2D eigenvalue weighted by Crippen LogP contribution is 2.05. The van der Waals surface area contributed by atoms with Crippen molar-refractivity contribution in [2.45, 2.75) is 52.7 Å². The maximum Gasteiger partial charge on any atom is 0.0762 e. The largest absolute Gasteiger partial charge is 0.306 e. The molecule has 1 aromatic rings. The quantitative estimate of drug-likeness (QED) is 0.760. The Hall–Kier alpha value is -0.480. The lowest BCUT2D eigenvalue weighted by molar-refractivity contribution is 0.419. The van der Waals surface area contributed by atoms with Crippen molar-refractivity contribution in [3.63, 3.8) is 0 Å². The zero-order chi connectivity index (χ0) is 12.7. The first-order chi connectivity index (χ1) is 8.01. The molecule has 0 spiro atoms. The fourth-order valence-corrected chi connectivity index (χ4v) is 2.07. The van der Waals surface area contributed by atoms with Crippen LogP contribution in [0.3, 0.4) is 0 Å². The summed E-state index contributed by atoms with van der Waals surface area (Å²) in [5.74, 6) is 2.44. The molecule has 0 saturated carbocycles. The van der Waals surface area contributed by atoms with Crippen LogP contribution >= 0.6 is 11.8 Å². The van der Waals surface area contributed by atoms with Gasteiger partial charge in [-0.2, -0.15) is 16.9 Å². The first-order valence-electron chi connectivity index (χ1n) is 6.36. The molecule has 0 atom stereocenters. The Balaban J connectivity index is 2.28. The Morgan fingerprint density at radius 1 is 1.41 bits per heavy atom. The highest BCUT2D eigenvalue weighted by molar-refractivity contribution is 7.99. The number of rotatable bonds is 7. The molecule has 0 saturated heterocycles. The molecule has 98 valence electrons. The molecular weight excluding hydrogens is 230 g/mol. The second-order valence-corrected chi connectivity index (χ2v) is 6.62. The van der Waals surface area contributed by atoms with Crippen LogP contribution in [-0.4, -0.2) is 26.8 Å². The maximum atomic E-state index is 4.56. The molecule has 0 bridgehead atoms. The van der Waals surface area contributed by atoms with Crippen molar-refractivity contribution in [1.29, 1.82) is 0 Å². The zero-order valence-electron chi connectivity index (χ0n) is 11.5. The normalized spacial score (nSPS) is 12.0. The van der Waals surface area contributed by atoms with Crippen LogP contribution in [-0.2, 0) is 13.1 Å². The van der Waals surface area contributed by atoms with Crippen LogP contribution in [0.5, 0.6) is 0 Å². The number of thioether (sulfide) groups is 1. The van der Waals surface area contributed by atoms with Crippen molar-refractivity contribution in [2.75, 3.05) is 11.5 Å². The summed E-state index contributed by atoms with van der Waals surface area (Å²) in [5, 5.41) is 8.00. The molecule has 1 heterocycles. The first kappa shape index (κ1) is 14.6. The van der Waals surface area contributed by atoms with E-state index in [9.17, 15) is 0 Å². The molecule has 0 radical (unpaired) electrons. The summed E-state index contributed by atoms with van der Waals surface area (Å²) in [6.07, 6.45) is 3.28. The minimum absolute atomic E-state index is 0.154. The van der Waals surface area contributed by atoms with Crippen LogP contribution in [0.2, 0.25) is 0 Å². The van der Waals surface area contributed by atoms with E-state index < -0.39 is 0 Å². The van der Waals surface area contributed by atoms with Gasteiger partial charge < -0.3 is 5.32 Å². The predicted molar refractivity (Wildman–Crippen MR) is 76.4 cm³/mol. The lowest BCUT2D eigenvalue weighted by Crippen LogP contribution is -2.35. The molecule has 3 nitrogen and oxygen atoms in total. The molecular formula is C13H25N3S. The topological polar surface area (TPSA) is 29.9 Å². The molecule has 1 aromatic heterocycles. The van der Waals surface area contributed by atoms with Gasteiger partial charge in [-0.3, -0.25) is 4.68 Å². The molecule has 4 heteroatoms. The van der Waals surface area contributed by atoms with E-state index in [0.29, 0.717) is 0 Å². The molecule has 17 heavy (non-hydrogen) atoms. The second-order valence-electron chi connectivity index (χ2n) is 5.22. The zero-order valence-corrected chi connectivity index (χ0v) is 12.3. The Labute approximate surface area is 109 Å². The van der Waals surface area contributed by atoms with Crippen molar-refractivity contribution in [3.05, 3.63) is 18.0 Å². The van der Waals surface area contributed by atoms with Gasteiger partial charge in [0.15, 0.2) is 0 Å². The molecule has 0 unspecified atom stereocenters. The van der Waals surface area contributed by atoms with Gasteiger partial charge >= 0.3 is 0 Å². The Morgan fingerprint density at radius 2 is 2.18 bits per heavy atom. The third kappa shape index (κ3) is 6.74. The number of aryl methyl sites for hydroxylation is 1. The average Bonchev–Trinajstić information content (AvgIpc) is 2.69. The number of hydrogen-bond acceptors (Lipinski definition) is 3. The Kier molecular flexibility index (Phi) is 6.06. The van der Waals surface area contributed by atoms with Crippen molar-refractivity contribution in [1.82, 2.24) is 15.1 Å². The van der Waals surface area contributed by atoms with Gasteiger partial charge in [-0.05, 0) is 44.8 Å². The van der Waals surface area contributed by atoms with E-state index in [1.807, 2.05) is 11.8 Å². The van der Waals surface area contributed by atoms with Crippen molar-refractivity contribution in [2.24, 2.45) is 0 Å². The third-order valence-corrected chi connectivity index (χ3v) is 3.36. The molecule has 0 aliphatic rings. The molecule has 0 aromatic carbocycles. The van der Waals surface area contributed by atoms with Crippen molar-refractivity contribution < 1.29 is 0 Å². The monoisotopic (exact) mass is 255 g/mol. The van der Waals surface area contributed by atoms with E-state index in [2.05, 4.69) is 55.1 Å². The number of aromatic nitrogens is 2. The van der Waals surface area contributed by atoms with Crippen LogP contribution in [0, 0.1) is 0 Å². The lowest BCUT2D eigenvalue weighted by atomic mass is 10.1. The van der Waals surface area contributed by atoms with Crippen LogP contribution in [0.4, 0.5) is 0 Å². The molecule has 1 rings (SSSR count). The van der Waals surface area contributed by atoms with Crippen LogP contribution in [0.25, 0.3) is 0 Å². The van der Waals surface area contributed by atoms with E-state index in [4.69, 9.17) is 0 Å². The number of nitrogens with one attached hydrogen (secondary N) is 1. The molecule has 0 aliphatic heterocycles. The Morgan fingerprint density at radius 3 is 2.82 bits per heavy atom. The van der Waals surface area contributed by atoms with Gasteiger partial charge in [0.25, 0.3) is 0 Å². The van der Waals surface area contributed by atoms with Crippen LogP contribution in [0.15, 0.2) is 12.3 Å². The van der Waals surface area contributed by atoms with Gasteiger partial charge in [-0.25, -0.2) is 0 Å². The summed E-state index contributed by atoms with van der Waals surface area (Å²) in [6.45, 7) is 10.6. The fourth-order valence-electron chi connectivity index (χ4n) is 1.45. The van der Waals surface area contributed by atoms with Gasteiger partial charge in [0.1, 0.15) is 0 Å². The van der Waals surface area contributed by atoms with E-state index in [1.165, 1.54) is 17.9 Å². The third-order valence-electron chi connectivity index (χ3n) is 2.38. The van der Waals surface area contributed by atoms with Crippen LogP contribution < -0.4 is 5.32 Å². The van der Waals surface area contributed by atoms with E-state index in [0.717, 1.165) is 18.8 Å². The van der Waals surface area contributed by atoms with Crippen molar-refractivity contribution >= 4 is 11.8 Å². The fraction of sp³-hybridized carbons (Fsp3) is 0.769. The lowest BCUT2D eigenvalue weighted by Gasteiger charge is -2.19. The summed E-state index contributed by atoms with van der Waals surface area (Å²) < 4.78 is 2.05. The highest BCUT2D eigenvalue weighted by atomic mass is 32.2. The standard InChI is InChI=1S/C13H25N3S/c1-5-17-10-6-8-16-9-7-12(15-16)11-14-13(2,3)4/h7,9,14H,5-6,8,10-11H2,1-4H3. The predicted octanol–water partition coefficient (Wildman–Crippen LogP) is 2.91. The van der Waals surface area contributed by atoms with E-state index >= 15 is 0 Å². The maximum absolute atomic E-state index is 4.56. The SMILES string of the molecule is CCSCCCn1ccc(CNC(C)(C)C)n1. The van der Waals surface area contributed by atoms with Gasteiger partial charge in [0, 0.05) is 24.8 Å². The van der Waals surface area contributed by atoms with Gasteiger partial charge in [0.2, 0.25) is 0 Å². The average molecular weight is 255 g/mol. The molecule has 0 fully saturated rings. The van der Waals surface area contributed by atoms with E-state index in [1.54, 1.807) is 0 Å². The van der Waals surface area contributed by atoms with Gasteiger partial charge in [-0.15, -0.1) is 0 Å². The summed E-state index contributed by atoms with van der Waals surface area (Å²) in [4.78, 5) is 0. The Bertz CT molecular complexity index is 315. The second kappa shape index (κ2) is 7.07. The highest BCUT2D eigenvalue weighted by Gasteiger charge is 2.09. The summed E-state index contributed by atoms with van der Waals surface area (Å²) >= 11 is 1.99. The molecule has 0 amide bonds. The minimum Gasteiger partial charge on any atom is -0.306 e. The summed E-state index contributed by atoms with van der Waals surface area (Å²) in [5.41, 5.74) is 1.28. The van der Waals surface area contributed by atoms with Gasteiger partial charge in [0.05, 0.1) is 5.69 Å². The molecule has 1 N–H and O–H groups in total. The summed E-state index contributed by atoms with van der Waals surface area (Å²) in [6, 6.07) is 2.10. The smallest absolute Gasteiger partial charge is 0.0762 e. The van der Waals surface area contributed by atoms with Crippen LogP contribution in [0.1, 0.15) is 39.8 Å². The number of hydrogen-bond donors (Lipinski definition) is 1. The molecule has 0 aliphatic carbocycles. The minimum atomic E-state index is 0.154. The van der Waals surface area contributed by atoms with E-state index in [-0.39, 0.29) is 5.54 Å². The summed E-state index contributed by atoms with van der Waals surface area (Å²) in [7, 11) is 0. The first-order valence-corrected chi connectivity index (χ1v) is 7.52. The van der Waals surface area contributed by atoms with Crippen molar-refractivity contribution in [3.8, 4) is 0 Å². The van der Waals surface area contributed by atoms with Gasteiger partial charge in [-0.1, -0.05) is 6.92 Å².